The minimum absolute atomic E-state index is 0.268. The van der Waals surface area contributed by atoms with Crippen LogP contribution >= 0.6 is 0 Å². The van der Waals surface area contributed by atoms with E-state index in [1.807, 2.05) is 4.90 Å². The van der Waals surface area contributed by atoms with Crippen LogP contribution in [0.5, 0.6) is 0 Å². The van der Waals surface area contributed by atoms with Crippen LogP contribution in [0.25, 0.3) is 0 Å². The van der Waals surface area contributed by atoms with Gasteiger partial charge < -0.3 is 4.90 Å². The third kappa shape index (κ3) is 3.23. The average molecular weight is 294 g/mol. The van der Waals surface area contributed by atoms with E-state index in [-0.39, 0.29) is 11.7 Å². The molecule has 0 aromatic heterocycles. The van der Waals surface area contributed by atoms with Gasteiger partial charge in [0.15, 0.2) is 0 Å². The number of rotatable bonds is 3. The first-order valence-electron chi connectivity index (χ1n) is 7.59. The van der Waals surface area contributed by atoms with E-state index in [1.54, 1.807) is 0 Å². The molecule has 0 atom stereocenters. The van der Waals surface area contributed by atoms with Gasteiger partial charge in [0.1, 0.15) is 11.6 Å². The summed E-state index contributed by atoms with van der Waals surface area (Å²) in [6.07, 6.45) is 3.48. The highest BCUT2D eigenvalue weighted by molar-refractivity contribution is 5.78. The highest BCUT2D eigenvalue weighted by Crippen LogP contribution is 2.23. The van der Waals surface area contributed by atoms with Gasteiger partial charge in [-0.15, -0.1) is 0 Å². The standard InChI is InChI=1S/C16H20F2N2O/c17-13-3-4-15(18)12(10-13)11-19-8-5-14(6-9-19)20-7-1-2-16(20)21/h3-4,10,14H,1-2,5-9,11H2. The Morgan fingerprint density at radius 1 is 1.14 bits per heavy atom. The lowest BCUT2D eigenvalue weighted by Crippen LogP contribution is -2.45. The van der Waals surface area contributed by atoms with Crippen molar-refractivity contribution in [3.05, 3.63) is 35.4 Å². The molecule has 0 radical (unpaired) electrons. The number of benzene rings is 1. The number of carbonyl (C=O) groups is 1. The van der Waals surface area contributed by atoms with Gasteiger partial charge >= 0.3 is 0 Å². The van der Waals surface area contributed by atoms with E-state index in [1.165, 1.54) is 12.1 Å². The molecule has 0 N–H and O–H groups in total. The van der Waals surface area contributed by atoms with Crippen molar-refractivity contribution in [2.75, 3.05) is 19.6 Å². The van der Waals surface area contributed by atoms with Gasteiger partial charge in [0.2, 0.25) is 5.91 Å². The molecular weight excluding hydrogens is 274 g/mol. The number of halogens is 2. The second kappa shape index (κ2) is 6.10. The number of hydrogen-bond donors (Lipinski definition) is 0. The van der Waals surface area contributed by atoms with Crippen LogP contribution in [0.4, 0.5) is 8.78 Å². The first-order chi connectivity index (χ1) is 10.1. The monoisotopic (exact) mass is 294 g/mol. The third-order valence-electron chi connectivity index (χ3n) is 4.51. The zero-order chi connectivity index (χ0) is 14.8. The summed E-state index contributed by atoms with van der Waals surface area (Å²) in [6.45, 7) is 2.96. The smallest absolute Gasteiger partial charge is 0.222 e. The molecule has 1 aromatic rings. The Balaban J connectivity index is 1.56. The fourth-order valence-electron chi connectivity index (χ4n) is 3.35. The molecule has 0 aliphatic carbocycles. The third-order valence-corrected chi connectivity index (χ3v) is 4.51. The van der Waals surface area contributed by atoms with Crippen molar-refractivity contribution in [1.82, 2.24) is 9.80 Å². The lowest BCUT2D eigenvalue weighted by molar-refractivity contribution is -0.130. The molecule has 2 saturated heterocycles. The molecule has 0 bridgehead atoms. The lowest BCUT2D eigenvalue weighted by atomic mass is 10.0. The van der Waals surface area contributed by atoms with Gasteiger partial charge in [0.25, 0.3) is 0 Å². The first kappa shape index (κ1) is 14.4. The van der Waals surface area contributed by atoms with Crippen LogP contribution in [0, 0.1) is 11.6 Å². The maximum atomic E-state index is 13.7. The molecule has 0 unspecified atom stereocenters. The predicted molar refractivity (Wildman–Crippen MR) is 75.6 cm³/mol. The number of hydrogen-bond acceptors (Lipinski definition) is 2. The van der Waals surface area contributed by atoms with Crippen molar-refractivity contribution in [1.29, 1.82) is 0 Å². The van der Waals surface area contributed by atoms with Crippen LogP contribution in [-0.4, -0.2) is 41.4 Å². The molecular formula is C16H20F2N2O. The highest BCUT2D eigenvalue weighted by atomic mass is 19.1. The lowest BCUT2D eigenvalue weighted by Gasteiger charge is -2.36. The van der Waals surface area contributed by atoms with Crippen LogP contribution in [0.2, 0.25) is 0 Å². The van der Waals surface area contributed by atoms with E-state index < -0.39 is 5.82 Å². The maximum absolute atomic E-state index is 13.7. The number of amides is 1. The molecule has 2 aliphatic heterocycles. The molecule has 3 rings (SSSR count). The van der Waals surface area contributed by atoms with Crippen molar-refractivity contribution >= 4 is 5.91 Å². The molecule has 3 nitrogen and oxygen atoms in total. The summed E-state index contributed by atoms with van der Waals surface area (Å²) in [5, 5.41) is 0. The van der Waals surface area contributed by atoms with Gasteiger partial charge in [-0.05, 0) is 37.5 Å². The summed E-state index contributed by atoms with van der Waals surface area (Å²) >= 11 is 0. The molecule has 2 aliphatic rings. The highest BCUT2D eigenvalue weighted by Gasteiger charge is 2.30. The normalized spacial score (nSPS) is 21.2. The molecule has 21 heavy (non-hydrogen) atoms. The van der Waals surface area contributed by atoms with Crippen LogP contribution in [0.3, 0.4) is 0 Å². The number of nitrogens with zero attached hydrogens (tertiary/aromatic N) is 2. The van der Waals surface area contributed by atoms with Gasteiger partial charge in [-0.2, -0.15) is 0 Å². The minimum atomic E-state index is -0.399. The van der Waals surface area contributed by atoms with Crippen molar-refractivity contribution in [2.45, 2.75) is 38.3 Å². The van der Waals surface area contributed by atoms with E-state index in [4.69, 9.17) is 0 Å². The Kier molecular flexibility index (Phi) is 4.19. The number of piperidine rings is 1. The summed E-state index contributed by atoms with van der Waals surface area (Å²) in [6, 6.07) is 3.92. The molecule has 0 saturated carbocycles. The molecule has 114 valence electrons. The fraction of sp³-hybridized carbons (Fsp3) is 0.562. The Hall–Kier alpha value is -1.49. The second-order valence-electron chi connectivity index (χ2n) is 5.93. The fourth-order valence-corrected chi connectivity index (χ4v) is 3.35. The molecule has 5 heteroatoms. The molecule has 1 amide bonds. The van der Waals surface area contributed by atoms with Crippen molar-refractivity contribution in [3.8, 4) is 0 Å². The van der Waals surface area contributed by atoms with Crippen LogP contribution in [-0.2, 0) is 11.3 Å². The maximum Gasteiger partial charge on any atom is 0.222 e. The van der Waals surface area contributed by atoms with E-state index in [0.717, 1.165) is 45.0 Å². The van der Waals surface area contributed by atoms with E-state index in [9.17, 15) is 13.6 Å². The topological polar surface area (TPSA) is 23.6 Å². The molecule has 0 spiro atoms. The summed E-state index contributed by atoms with van der Waals surface area (Å²) in [5.74, 6) is -0.484. The minimum Gasteiger partial charge on any atom is -0.340 e. The Morgan fingerprint density at radius 3 is 2.57 bits per heavy atom. The molecule has 2 heterocycles. The Labute approximate surface area is 123 Å². The first-order valence-corrected chi connectivity index (χ1v) is 7.59. The van der Waals surface area contributed by atoms with Gasteiger partial charge in [0.05, 0.1) is 0 Å². The Bertz CT molecular complexity index is 527. The van der Waals surface area contributed by atoms with Gasteiger partial charge in [0, 0.05) is 44.2 Å². The van der Waals surface area contributed by atoms with E-state index >= 15 is 0 Å². The Morgan fingerprint density at radius 2 is 1.90 bits per heavy atom. The zero-order valence-electron chi connectivity index (χ0n) is 12.0. The summed E-state index contributed by atoms with van der Waals surface area (Å²) < 4.78 is 26.8. The van der Waals surface area contributed by atoms with Crippen LogP contribution < -0.4 is 0 Å². The predicted octanol–water partition coefficient (Wildman–Crippen LogP) is 2.55. The van der Waals surface area contributed by atoms with E-state index in [0.29, 0.717) is 24.6 Å². The zero-order valence-corrected chi connectivity index (χ0v) is 12.0. The largest absolute Gasteiger partial charge is 0.340 e. The SMILES string of the molecule is O=C1CCCN1C1CCN(Cc2cc(F)ccc2F)CC1. The molecule has 1 aromatic carbocycles. The van der Waals surface area contributed by atoms with Gasteiger partial charge in [-0.3, -0.25) is 9.69 Å². The van der Waals surface area contributed by atoms with Crippen LogP contribution in [0.1, 0.15) is 31.2 Å². The van der Waals surface area contributed by atoms with Crippen molar-refractivity contribution in [2.24, 2.45) is 0 Å². The average Bonchev–Trinajstić information content (AvgIpc) is 2.90. The van der Waals surface area contributed by atoms with Gasteiger partial charge in [-0.25, -0.2) is 8.78 Å². The quantitative estimate of drug-likeness (QED) is 0.855. The molecule has 2 fully saturated rings. The summed E-state index contributed by atoms with van der Waals surface area (Å²) in [7, 11) is 0. The second-order valence-corrected chi connectivity index (χ2v) is 5.93. The van der Waals surface area contributed by atoms with Gasteiger partial charge in [-0.1, -0.05) is 0 Å². The summed E-state index contributed by atoms with van der Waals surface area (Å²) in [5.41, 5.74) is 0.408. The van der Waals surface area contributed by atoms with Crippen LogP contribution in [0.15, 0.2) is 18.2 Å². The number of likely N-dealkylation sites (tertiary alicyclic amines) is 2. The number of carbonyl (C=O) groups excluding carboxylic acids is 1. The summed E-state index contributed by atoms with van der Waals surface area (Å²) in [4.78, 5) is 15.9. The van der Waals surface area contributed by atoms with Crippen molar-refractivity contribution in [3.63, 3.8) is 0 Å². The van der Waals surface area contributed by atoms with Crippen molar-refractivity contribution < 1.29 is 13.6 Å². The van der Waals surface area contributed by atoms with E-state index in [2.05, 4.69) is 4.90 Å².